The lowest BCUT2D eigenvalue weighted by atomic mass is 10.3. The minimum Gasteiger partial charge on any atom is -0.273 e. The van der Waals surface area contributed by atoms with Crippen LogP contribution in [-0.2, 0) is 0 Å². The zero-order valence-corrected chi connectivity index (χ0v) is 5.42. The van der Waals surface area contributed by atoms with Crippen LogP contribution in [0.2, 0.25) is 0 Å². The van der Waals surface area contributed by atoms with Gasteiger partial charge in [-0.2, -0.15) is 4.58 Å². The molecule has 0 spiro atoms. The standard InChI is InChI=1S/C6H6ClNO/c7-8(9)6-4-2-1-3-5-6/h1-5,9H. The molecular formula is C6H6ClNO. The van der Waals surface area contributed by atoms with Crippen molar-refractivity contribution in [2.24, 2.45) is 0 Å². The van der Waals surface area contributed by atoms with Crippen molar-refractivity contribution in [3.05, 3.63) is 30.3 Å². The van der Waals surface area contributed by atoms with Crippen LogP contribution in [0.3, 0.4) is 0 Å². The summed E-state index contributed by atoms with van der Waals surface area (Å²) in [6.45, 7) is 0. The van der Waals surface area contributed by atoms with Gasteiger partial charge in [-0.25, -0.2) is 0 Å². The molecule has 48 valence electrons. The van der Waals surface area contributed by atoms with Crippen LogP contribution in [-0.4, -0.2) is 5.21 Å². The largest absolute Gasteiger partial charge is 0.273 e. The zero-order valence-electron chi connectivity index (χ0n) is 4.66. The maximum atomic E-state index is 8.62. The Bertz CT molecular complexity index is 176. The number of hydrogen-bond donors (Lipinski definition) is 1. The Labute approximate surface area is 58.4 Å². The molecule has 0 saturated heterocycles. The number of hydrogen-bond acceptors (Lipinski definition) is 2. The van der Waals surface area contributed by atoms with E-state index in [1.165, 1.54) is 0 Å². The fourth-order valence-electron chi connectivity index (χ4n) is 0.551. The molecule has 0 aliphatic rings. The Morgan fingerprint density at radius 3 is 2.11 bits per heavy atom. The van der Waals surface area contributed by atoms with Gasteiger partial charge >= 0.3 is 0 Å². The van der Waals surface area contributed by atoms with E-state index in [1.807, 2.05) is 6.07 Å². The minimum atomic E-state index is 0.556. The first-order chi connectivity index (χ1) is 4.30. The number of anilines is 1. The Balaban J connectivity index is 2.85. The van der Waals surface area contributed by atoms with E-state index in [9.17, 15) is 0 Å². The van der Waals surface area contributed by atoms with E-state index >= 15 is 0 Å². The topological polar surface area (TPSA) is 23.5 Å². The third-order valence-corrected chi connectivity index (χ3v) is 1.16. The average Bonchev–Trinajstić information content (AvgIpc) is 1.90. The number of benzene rings is 1. The van der Waals surface area contributed by atoms with Gasteiger partial charge in [0, 0.05) is 11.8 Å². The summed E-state index contributed by atoms with van der Waals surface area (Å²) in [5.41, 5.74) is 0.569. The maximum Gasteiger partial charge on any atom is 0.0824 e. The lowest BCUT2D eigenvalue weighted by molar-refractivity contribution is 0.326. The predicted octanol–water partition coefficient (Wildman–Crippen LogP) is 2.04. The van der Waals surface area contributed by atoms with E-state index < -0.39 is 0 Å². The molecule has 0 heterocycles. The molecule has 0 bridgehead atoms. The second-order valence-electron chi connectivity index (χ2n) is 1.60. The van der Waals surface area contributed by atoms with Crippen molar-refractivity contribution in [2.75, 3.05) is 4.58 Å². The summed E-state index contributed by atoms with van der Waals surface area (Å²) in [5.74, 6) is 0. The molecular weight excluding hydrogens is 138 g/mol. The molecule has 0 aliphatic carbocycles. The van der Waals surface area contributed by atoms with Crippen molar-refractivity contribution >= 4 is 17.5 Å². The van der Waals surface area contributed by atoms with Crippen molar-refractivity contribution in [3.8, 4) is 0 Å². The summed E-state index contributed by atoms with van der Waals surface area (Å²) in [6.07, 6.45) is 0. The maximum absolute atomic E-state index is 8.62. The summed E-state index contributed by atoms with van der Waals surface area (Å²) in [7, 11) is 0. The number of halogens is 1. The lowest BCUT2D eigenvalue weighted by Crippen LogP contribution is -2.00. The number of para-hydroxylation sites is 1. The highest BCUT2D eigenvalue weighted by Crippen LogP contribution is 2.11. The molecule has 0 unspecified atom stereocenters. The van der Waals surface area contributed by atoms with Crippen LogP contribution in [0, 0.1) is 0 Å². The Kier molecular flexibility index (Phi) is 1.92. The van der Waals surface area contributed by atoms with E-state index in [2.05, 4.69) is 0 Å². The fourth-order valence-corrected chi connectivity index (χ4v) is 0.664. The monoisotopic (exact) mass is 143 g/mol. The van der Waals surface area contributed by atoms with Gasteiger partial charge in [0.1, 0.15) is 0 Å². The molecule has 0 fully saturated rings. The van der Waals surface area contributed by atoms with Gasteiger partial charge in [-0.15, -0.1) is 0 Å². The smallest absolute Gasteiger partial charge is 0.0824 e. The molecule has 1 aromatic carbocycles. The van der Waals surface area contributed by atoms with Crippen LogP contribution >= 0.6 is 11.8 Å². The molecule has 1 aromatic rings. The molecule has 0 amide bonds. The summed E-state index contributed by atoms with van der Waals surface area (Å²) in [5, 5.41) is 8.62. The molecule has 1 rings (SSSR count). The van der Waals surface area contributed by atoms with Crippen LogP contribution in [0.1, 0.15) is 0 Å². The molecule has 0 aromatic heterocycles. The molecule has 3 heteroatoms. The number of nitrogens with zero attached hydrogens (tertiary/aromatic N) is 1. The summed E-state index contributed by atoms with van der Waals surface area (Å²) >= 11 is 5.19. The van der Waals surface area contributed by atoms with E-state index in [0.29, 0.717) is 10.3 Å². The second-order valence-corrected chi connectivity index (χ2v) is 1.92. The SMILES string of the molecule is ON(Cl)c1ccccc1. The van der Waals surface area contributed by atoms with Gasteiger partial charge in [0.2, 0.25) is 0 Å². The van der Waals surface area contributed by atoms with Crippen LogP contribution in [0.25, 0.3) is 0 Å². The molecule has 0 radical (unpaired) electrons. The van der Waals surface area contributed by atoms with Crippen molar-refractivity contribution in [3.63, 3.8) is 0 Å². The van der Waals surface area contributed by atoms with Gasteiger partial charge in [-0.3, -0.25) is 5.21 Å². The van der Waals surface area contributed by atoms with Crippen molar-refractivity contribution in [1.29, 1.82) is 0 Å². The predicted molar refractivity (Wildman–Crippen MR) is 36.6 cm³/mol. The van der Waals surface area contributed by atoms with E-state index in [-0.39, 0.29) is 0 Å². The Hall–Kier alpha value is -0.730. The minimum absolute atomic E-state index is 0.556. The van der Waals surface area contributed by atoms with Gasteiger partial charge in [0.25, 0.3) is 0 Å². The second kappa shape index (κ2) is 2.71. The van der Waals surface area contributed by atoms with Crippen LogP contribution in [0.15, 0.2) is 30.3 Å². The van der Waals surface area contributed by atoms with Crippen molar-refractivity contribution in [2.45, 2.75) is 0 Å². The van der Waals surface area contributed by atoms with Crippen LogP contribution < -0.4 is 4.58 Å². The number of rotatable bonds is 1. The third kappa shape index (κ3) is 1.59. The van der Waals surface area contributed by atoms with Gasteiger partial charge in [-0.1, -0.05) is 18.2 Å². The summed E-state index contributed by atoms with van der Waals surface area (Å²) in [4.78, 5) is 0. The summed E-state index contributed by atoms with van der Waals surface area (Å²) < 4.78 is 0.556. The highest BCUT2D eigenvalue weighted by Gasteiger charge is 1.92. The molecule has 0 saturated carbocycles. The third-order valence-electron chi connectivity index (χ3n) is 0.969. The average molecular weight is 144 g/mol. The molecule has 9 heavy (non-hydrogen) atoms. The molecule has 0 aliphatic heterocycles. The molecule has 2 nitrogen and oxygen atoms in total. The normalized spacial score (nSPS) is 9.11. The summed E-state index contributed by atoms with van der Waals surface area (Å²) in [6, 6.07) is 8.84. The Morgan fingerprint density at radius 1 is 1.22 bits per heavy atom. The highest BCUT2D eigenvalue weighted by molar-refractivity contribution is 6.23. The van der Waals surface area contributed by atoms with E-state index in [4.69, 9.17) is 17.0 Å². The first kappa shape index (κ1) is 6.39. The van der Waals surface area contributed by atoms with Crippen LogP contribution in [0.4, 0.5) is 5.69 Å². The first-order valence-electron chi connectivity index (χ1n) is 2.50. The Morgan fingerprint density at radius 2 is 1.78 bits per heavy atom. The van der Waals surface area contributed by atoms with Crippen molar-refractivity contribution in [1.82, 2.24) is 0 Å². The van der Waals surface area contributed by atoms with Gasteiger partial charge in [0.05, 0.1) is 5.69 Å². The van der Waals surface area contributed by atoms with Gasteiger partial charge in [-0.05, 0) is 12.1 Å². The van der Waals surface area contributed by atoms with Gasteiger partial charge in [0.15, 0.2) is 0 Å². The zero-order chi connectivity index (χ0) is 6.69. The molecule has 0 atom stereocenters. The van der Waals surface area contributed by atoms with E-state index in [0.717, 1.165) is 0 Å². The van der Waals surface area contributed by atoms with Gasteiger partial charge < -0.3 is 0 Å². The van der Waals surface area contributed by atoms with Crippen molar-refractivity contribution < 1.29 is 5.21 Å². The first-order valence-corrected chi connectivity index (χ1v) is 2.84. The fraction of sp³-hybridized carbons (Fsp3) is 0. The van der Waals surface area contributed by atoms with Crippen LogP contribution in [0.5, 0.6) is 0 Å². The molecule has 1 N–H and O–H groups in total. The highest BCUT2D eigenvalue weighted by atomic mass is 35.5. The van der Waals surface area contributed by atoms with E-state index in [1.54, 1.807) is 24.3 Å². The lowest BCUT2D eigenvalue weighted by Gasteiger charge is -2.03. The quantitative estimate of drug-likeness (QED) is 0.480.